The van der Waals surface area contributed by atoms with Crippen molar-refractivity contribution in [2.75, 3.05) is 49.8 Å². The van der Waals surface area contributed by atoms with Crippen molar-refractivity contribution >= 4 is 0 Å². The highest BCUT2D eigenvalue weighted by atomic mass is 16.3. The molecule has 5 saturated carbocycles. The lowest BCUT2D eigenvalue weighted by Gasteiger charge is -2.23. The van der Waals surface area contributed by atoms with E-state index in [0.717, 1.165) is 49.8 Å². The minimum Gasteiger partial charge on any atom is -0.400 e. The second kappa shape index (κ2) is 193. The predicted molar refractivity (Wildman–Crippen MR) is 464 cm³/mol. The van der Waals surface area contributed by atoms with Gasteiger partial charge in [-0.2, -0.15) is 0 Å². The van der Waals surface area contributed by atoms with Gasteiger partial charge in [-0.3, -0.25) is 0 Å². The fourth-order valence-electron chi connectivity index (χ4n) is 8.06. The van der Waals surface area contributed by atoms with Crippen LogP contribution in [0.3, 0.4) is 0 Å². The Bertz CT molecular complexity index is 1150. The van der Waals surface area contributed by atoms with Crippen molar-refractivity contribution in [2.45, 2.75) is 333 Å². The zero-order valence-corrected chi connectivity index (χ0v) is 73.4. The van der Waals surface area contributed by atoms with Gasteiger partial charge in [0.2, 0.25) is 0 Å². The highest BCUT2D eigenvalue weighted by Crippen LogP contribution is 2.58. The summed E-state index contributed by atoms with van der Waals surface area (Å²) in [6, 6.07) is 60.0. The Morgan fingerprint density at radius 2 is 0.280 bits per heavy atom. The van der Waals surface area contributed by atoms with Gasteiger partial charge in [-0.05, 0) is 83.5 Å². The molecule has 0 aromatic heterocycles. The fraction of sp³-hybridized carbons (Fsp3) is 0.670. The first-order chi connectivity index (χ1) is 49.1. The van der Waals surface area contributed by atoms with E-state index in [2.05, 4.69) is 55.4 Å². The lowest BCUT2D eigenvalue weighted by atomic mass is 9.82. The van der Waals surface area contributed by atoms with Gasteiger partial charge in [0.25, 0.3) is 0 Å². The van der Waals surface area contributed by atoms with Crippen LogP contribution in [0.2, 0.25) is 0 Å². The number of hydrogen-bond donors (Lipinski definition) is 9. The molecule has 0 amide bonds. The molecule has 0 radical (unpaired) electrons. The molecule has 100 heavy (non-hydrogen) atoms. The predicted octanol–water partition coefficient (Wildman–Crippen LogP) is 26.8. The topological polar surface area (TPSA) is 182 Å². The molecule has 0 saturated heterocycles. The van der Waals surface area contributed by atoms with Crippen LogP contribution in [-0.2, 0) is 0 Å². The van der Waals surface area contributed by atoms with Crippen LogP contribution in [0, 0.1) is 23.7 Å². The van der Waals surface area contributed by atoms with Gasteiger partial charge in [0, 0.05) is 62.0 Å². The summed E-state index contributed by atoms with van der Waals surface area (Å²) in [5.74, 6) is 4.80. The standard InChI is InChI=1S/C10H16.2C6H12.5C6H6.2C3H8O.4C3H8.7C2H6.7CH4O/c1-2-9-7-4-5-8(6-7)10(9)3-1;7*1-2-4-6-5-3-1;2*1-3(2)4;4*1-3-2;14*1-2/h7-10H,1-6H2;2*1-6H2;5*1-6H;2*3-4H,1-2H3;4*3H2,1-2H3;7*1-2H3;7*2H,1H3. The fourth-order valence-corrected chi connectivity index (χ4v) is 8.06. The van der Waals surface area contributed by atoms with Crippen molar-refractivity contribution in [3.8, 4) is 0 Å². The zero-order chi connectivity index (χ0) is 82.2. The number of aliphatic hydroxyl groups is 9. The van der Waals surface area contributed by atoms with Gasteiger partial charge < -0.3 is 46.0 Å². The van der Waals surface area contributed by atoms with Gasteiger partial charge in [0.05, 0.1) is 0 Å². The van der Waals surface area contributed by atoms with Gasteiger partial charge in [0.1, 0.15) is 0 Å². The number of fused-ring (bicyclic) bond motifs is 5. The molecule has 0 heterocycles. The van der Waals surface area contributed by atoms with Crippen LogP contribution in [-0.4, -0.2) is 108 Å². The molecule has 9 N–H and O–H groups in total. The number of rotatable bonds is 0. The van der Waals surface area contributed by atoms with E-state index in [-0.39, 0.29) is 12.2 Å². The molecule has 5 fully saturated rings. The molecule has 5 aliphatic carbocycles. The summed E-state index contributed by atoms with van der Waals surface area (Å²) in [5, 5.41) is 65.1. The van der Waals surface area contributed by atoms with Crippen molar-refractivity contribution in [2.24, 2.45) is 23.7 Å². The van der Waals surface area contributed by atoms with Crippen molar-refractivity contribution in [1.82, 2.24) is 0 Å². The highest BCUT2D eigenvalue weighted by Gasteiger charge is 2.48. The molecule has 5 aliphatic rings. The number of benzene rings is 5. The van der Waals surface area contributed by atoms with E-state index in [4.69, 9.17) is 46.0 Å². The summed E-state index contributed by atoms with van der Waals surface area (Å²) in [6.07, 6.45) is 32.2. The van der Waals surface area contributed by atoms with Crippen LogP contribution in [0.5, 0.6) is 0 Å². The maximum Gasteiger partial charge on any atom is 0.0483 e. The van der Waals surface area contributed by atoms with Crippen molar-refractivity contribution < 1.29 is 46.0 Å². The van der Waals surface area contributed by atoms with E-state index in [9.17, 15) is 0 Å². The SMILES string of the molecule is C1CC2C3CCC(C3)C2C1.C1CCCCC1.C1CCCCC1.CC.CC.CC.CC.CC.CC.CC.CC(C)O.CC(C)O.CCC.CCC.CCC.CCC.CO.CO.CO.CO.CO.CO.CO.c1ccccc1.c1ccccc1.c1ccccc1.c1ccccc1.c1ccccc1. The molecule has 5 aromatic rings. The van der Waals surface area contributed by atoms with Crippen molar-refractivity contribution in [1.29, 1.82) is 0 Å². The third kappa shape index (κ3) is 192. The van der Waals surface area contributed by atoms with Crippen LogP contribution < -0.4 is 0 Å². The maximum atomic E-state index is 8.06. The third-order valence-corrected chi connectivity index (χ3v) is 10.7. The summed E-state index contributed by atoms with van der Waals surface area (Å²) >= 11 is 0. The van der Waals surface area contributed by atoms with Gasteiger partial charge >= 0.3 is 0 Å². The van der Waals surface area contributed by atoms with Crippen molar-refractivity contribution in [3.63, 3.8) is 0 Å². The molecular weight excluding hydrogens is 1240 g/mol. The van der Waals surface area contributed by atoms with E-state index in [0.29, 0.717) is 0 Å². The Morgan fingerprint density at radius 1 is 0.200 bits per heavy atom. The first kappa shape index (κ1) is 142. The summed E-state index contributed by atoms with van der Waals surface area (Å²) in [5.41, 5.74) is 0. The quantitative estimate of drug-likeness (QED) is 0.0729. The average molecular weight is 1430 g/mol. The van der Waals surface area contributed by atoms with E-state index >= 15 is 0 Å². The Balaban J connectivity index is -0.0000000445. The van der Waals surface area contributed by atoms with Crippen LogP contribution in [0.4, 0.5) is 0 Å². The third-order valence-electron chi connectivity index (χ3n) is 10.7. The van der Waals surface area contributed by atoms with E-state index < -0.39 is 0 Å². The Morgan fingerprint density at radius 3 is 0.360 bits per heavy atom. The maximum absolute atomic E-state index is 8.06. The lowest BCUT2D eigenvalue weighted by molar-refractivity contribution is 0.215. The largest absolute Gasteiger partial charge is 0.400 e. The summed E-state index contributed by atoms with van der Waals surface area (Å²) in [6.45, 7) is 51.9. The molecule has 4 atom stereocenters. The van der Waals surface area contributed by atoms with E-state index in [1.54, 1.807) is 66.2 Å². The van der Waals surface area contributed by atoms with Crippen LogP contribution in [0.15, 0.2) is 182 Å². The molecule has 4 unspecified atom stereocenters. The molecule has 10 rings (SSSR count). The first-order valence-corrected chi connectivity index (χ1v) is 39.6. The molecule has 0 spiro atoms. The second-order valence-corrected chi connectivity index (χ2v) is 19.6. The van der Waals surface area contributed by atoms with Crippen molar-refractivity contribution in [3.05, 3.63) is 182 Å². The lowest BCUT2D eigenvalue weighted by Crippen LogP contribution is -2.15. The molecule has 5 aromatic carbocycles. The number of aliphatic hydroxyl groups excluding tert-OH is 9. The second-order valence-electron chi connectivity index (χ2n) is 19.6. The Kier molecular flexibility index (Phi) is 274. The highest BCUT2D eigenvalue weighted by molar-refractivity contribution is 5.02. The average Bonchev–Trinajstić information content (AvgIpc) is 1.63. The minimum absolute atomic E-state index is 0.167. The zero-order valence-electron chi connectivity index (χ0n) is 73.4. The summed E-state index contributed by atoms with van der Waals surface area (Å²) < 4.78 is 0. The van der Waals surface area contributed by atoms with E-state index in [1.165, 1.54) is 126 Å². The molecule has 2 bridgehead atoms. The smallest absolute Gasteiger partial charge is 0.0483 e. The molecular formula is C91H188O9. The van der Waals surface area contributed by atoms with Gasteiger partial charge in [-0.25, -0.2) is 0 Å². The molecule has 606 valence electrons. The Hall–Kier alpha value is -4.26. The van der Waals surface area contributed by atoms with Crippen LogP contribution in [0.25, 0.3) is 0 Å². The van der Waals surface area contributed by atoms with Gasteiger partial charge in [0.15, 0.2) is 0 Å². The normalized spacial score (nSPS) is 13.3. The summed E-state index contributed by atoms with van der Waals surface area (Å²) in [4.78, 5) is 0. The molecule has 9 heteroatoms. The first-order valence-electron chi connectivity index (χ1n) is 39.6. The van der Waals surface area contributed by atoms with E-state index in [1.807, 2.05) is 279 Å². The van der Waals surface area contributed by atoms with Gasteiger partial charge in [-0.1, -0.05) is 443 Å². The molecule has 9 nitrogen and oxygen atoms in total. The monoisotopic (exact) mass is 1430 g/mol. The van der Waals surface area contributed by atoms with Gasteiger partial charge in [-0.15, -0.1) is 0 Å². The molecule has 0 aliphatic heterocycles. The minimum atomic E-state index is -0.167. The summed E-state index contributed by atoms with van der Waals surface area (Å²) in [7, 11) is 7.00. The Labute approximate surface area is 631 Å². The number of hydrogen-bond acceptors (Lipinski definition) is 9. The van der Waals surface area contributed by atoms with Crippen LogP contribution >= 0.6 is 0 Å². The van der Waals surface area contributed by atoms with Crippen LogP contribution in [0.1, 0.15) is 321 Å².